The highest BCUT2D eigenvalue weighted by Gasteiger charge is 2.58. The van der Waals surface area contributed by atoms with Crippen LogP contribution in [0.25, 0.3) is 0 Å². The van der Waals surface area contributed by atoms with Crippen LogP contribution in [0.15, 0.2) is 23.9 Å². The second-order valence-corrected chi connectivity index (χ2v) is 15.5. The Morgan fingerprint density at radius 3 is 1.14 bits per heavy atom. The van der Waals surface area contributed by atoms with Gasteiger partial charge in [-0.25, -0.2) is 9.13 Å². The lowest BCUT2D eigenvalue weighted by Crippen LogP contribution is -2.36. The number of allylic oxidation sites excluding steroid dienone is 2. The molecule has 0 bridgehead atoms. The van der Waals surface area contributed by atoms with E-state index in [-0.39, 0.29) is 10.8 Å². The Balaban J connectivity index is 2.50. The third kappa shape index (κ3) is 4.89. The Labute approximate surface area is 176 Å². The fourth-order valence-electron chi connectivity index (χ4n) is 2.77. The van der Waals surface area contributed by atoms with E-state index < -0.39 is 26.6 Å². The van der Waals surface area contributed by atoms with E-state index in [1.807, 2.05) is 83.1 Å². The van der Waals surface area contributed by atoms with Gasteiger partial charge < -0.3 is 9.05 Å². The first-order valence-electron chi connectivity index (χ1n) is 9.94. The zero-order valence-corrected chi connectivity index (χ0v) is 21.8. The highest BCUT2D eigenvalue weighted by molar-refractivity contribution is 7.65. The molecule has 0 aromatic carbocycles. The molecule has 0 unspecified atom stereocenters. The monoisotopic (exact) mass is 448 g/mol. The lowest BCUT2D eigenvalue weighted by molar-refractivity contribution is 0.190. The average Bonchev–Trinajstić information content (AvgIpc) is 2.94. The van der Waals surface area contributed by atoms with Crippen molar-refractivity contribution in [3.63, 3.8) is 0 Å². The summed E-state index contributed by atoms with van der Waals surface area (Å²) in [5, 5.41) is 0. The molecule has 2 heterocycles. The van der Waals surface area contributed by atoms with Gasteiger partial charge in [0.05, 0.1) is 12.4 Å². The summed E-state index contributed by atoms with van der Waals surface area (Å²) in [6.07, 6.45) is 3.42. The third-order valence-electron chi connectivity index (χ3n) is 4.49. The van der Waals surface area contributed by atoms with Gasteiger partial charge in [0.15, 0.2) is 0 Å². The topological polar surface area (TPSA) is 68.3 Å². The molecule has 0 amide bonds. The Morgan fingerprint density at radius 1 is 0.655 bits per heavy atom. The SMILES string of the molecule is CC(C)(C)C1=CN(C(C)(C)C)[P@](=O)(O[P@]2(=O)OC(C(C)(C)C)=CN2C(C)(C)C)O1. The largest absolute Gasteiger partial charge is 0.498 e. The van der Waals surface area contributed by atoms with Crippen molar-refractivity contribution in [2.75, 3.05) is 0 Å². The van der Waals surface area contributed by atoms with Crippen LogP contribution in [0.5, 0.6) is 0 Å². The summed E-state index contributed by atoms with van der Waals surface area (Å²) >= 11 is 0. The van der Waals surface area contributed by atoms with Crippen LogP contribution in [0.1, 0.15) is 83.1 Å². The minimum atomic E-state index is -3.98. The molecule has 7 nitrogen and oxygen atoms in total. The molecule has 0 aromatic rings. The second-order valence-electron chi connectivity index (χ2n) is 11.7. The lowest BCUT2D eigenvalue weighted by atomic mass is 9.94. The summed E-state index contributed by atoms with van der Waals surface area (Å²) < 4.78 is 48.7. The van der Waals surface area contributed by atoms with Crippen LogP contribution in [0.4, 0.5) is 0 Å². The van der Waals surface area contributed by atoms with E-state index in [2.05, 4.69) is 0 Å². The number of hydrogen-bond acceptors (Lipinski definition) is 5. The summed E-state index contributed by atoms with van der Waals surface area (Å²) in [6.45, 7) is 23.2. The molecule has 0 saturated heterocycles. The quantitative estimate of drug-likeness (QED) is 0.412. The van der Waals surface area contributed by atoms with Crippen LogP contribution in [-0.4, -0.2) is 20.4 Å². The standard InChI is InChI=1S/C20H38N2O5P2/c1-17(2,3)15-13-21(19(7,8)9)28(23,25-15)27-29(24)22(20(10,11)12)14-16(26-29)18(4,5)6/h13-14H,1-12H3/t28-,29-/m1/s1. The van der Waals surface area contributed by atoms with Crippen molar-refractivity contribution in [1.82, 2.24) is 9.34 Å². The Kier molecular flexibility index (Phi) is 5.72. The van der Waals surface area contributed by atoms with Crippen LogP contribution in [0.3, 0.4) is 0 Å². The summed E-state index contributed by atoms with van der Waals surface area (Å²) in [5.74, 6) is 1.04. The number of rotatable bonds is 2. The van der Waals surface area contributed by atoms with Crippen molar-refractivity contribution in [2.45, 2.75) is 94.2 Å². The molecule has 0 fully saturated rings. The molecule has 0 aliphatic carbocycles. The van der Waals surface area contributed by atoms with E-state index in [1.165, 1.54) is 0 Å². The molecule has 2 atom stereocenters. The molecular formula is C20H38N2O5P2. The smallest absolute Gasteiger partial charge is 0.411 e. The number of nitrogens with zero attached hydrogens (tertiary/aromatic N) is 2. The van der Waals surface area contributed by atoms with Crippen LogP contribution in [0.2, 0.25) is 0 Å². The fourth-order valence-corrected chi connectivity index (χ4v) is 7.99. The van der Waals surface area contributed by atoms with E-state index in [1.54, 1.807) is 21.7 Å². The Morgan fingerprint density at radius 2 is 0.931 bits per heavy atom. The minimum Gasteiger partial charge on any atom is -0.411 e. The summed E-state index contributed by atoms with van der Waals surface area (Å²) in [4.78, 5) is 0. The highest BCUT2D eigenvalue weighted by Crippen LogP contribution is 2.76. The zero-order valence-electron chi connectivity index (χ0n) is 20.0. The van der Waals surface area contributed by atoms with Crippen molar-refractivity contribution < 1.29 is 22.5 Å². The molecule has 0 saturated carbocycles. The van der Waals surface area contributed by atoms with Crippen molar-refractivity contribution in [1.29, 1.82) is 0 Å². The van der Waals surface area contributed by atoms with Crippen LogP contribution >= 0.6 is 15.5 Å². The molecule has 0 spiro atoms. The van der Waals surface area contributed by atoms with E-state index >= 15 is 0 Å². The zero-order chi connectivity index (χ0) is 22.8. The molecular weight excluding hydrogens is 410 g/mol. The van der Waals surface area contributed by atoms with Gasteiger partial charge in [-0.3, -0.25) is 9.34 Å². The predicted octanol–water partition coefficient (Wildman–Crippen LogP) is 7.26. The van der Waals surface area contributed by atoms with Gasteiger partial charge in [0.25, 0.3) is 0 Å². The maximum atomic E-state index is 14.0. The fraction of sp³-hybridized carbons (Fsp3) is 0.800. The van der Waals surface area contributed by atoms with Gasteiger partial charge >= 0.3 is 15.5 Å². The Hall–Kier alpha value is -0.900. The highest BCUT2D eigenvalue weighted by atomic mass is 31.3. The van der Waals surface area contributed by atoms with E-state index in [0.29, 0.717) is 11.5 Å². The average molecular weight is 448 g/mol. The Bertz CT molecular complexity index is 752. The van der Waals surface area contributed by atoms with Gasteiger partial charge in [0.1, 0.15) is 11.5 Å². The molecule has 2 aliphatic heterocycles. The maximum Gasteiger partial charge on any atom is 0.498 e. The van der Waals surface area contributed by atoms with Crippen LogP contribution in [0, 0.1) is 10.8 Å². The molecule has 2 rings (SSSR count). The minimum absolute atomic E-state index is 0.386. The summed E-state index contributed by atoms with van der Waals surface area (Å²) in [7, 11) is -7.95. The molecule has 168 valence electrons. The van der Waals surface area contributed by atoms with E-state index in [0.717, 1.165) is 0 Å². The van der Waals surface area contributed by atoms with E-state index in [4.69, 9.17) is 13.4 Å². The molecule has 2 aliphatic rings. The van der Waals surface area contributed by atoms with Crippen molar-refractivity contribution in [2.24, 2.45) is 10.8 Å². The van der Waals surface area contributed by atoms with Crippen molar-refractivity contribution in [3.05, 3.63) is 23.9 Å². The van der Waals surface area contributed by atoms with Crippen molar-refractivity contribution >= 4 is 15.5 Å². The number of hydrogen-bond donors (Lipinski definition) is 0. The predicted molar refractivity (Wildman–Crippen MR) is 117 cm³/mol. The van der Waals surface area contributed by atoms with Gasteiger partial charge in [-0.2, -0.15) is 4.31 Å². The first-order valence-corrected chi connectivity index (χ1v) is 12.9. The van der Waals surface area contributed by atoms with Gasteiger partial charge in [0, 0.05) is 21.9 Å². The molecule has 0 aromatic heterocycles. The first kappa shape index (κ1) is 24.4. The lowest BCUT2D eigenvalue weighted by Gasteiger charge is -2.38. The van der Waals surface area contributed by atoms with Gasteiger partial charge in [-0.05, 0) is 41.5 Å². The maximum absolute atomic E-state index is 14.0. The first-order chi connectivity index (χ1) is 12.6. The van der Waals surface area contributed by atoms with Gasteiger partial charge in [-0.15, -0.1) is 0 Å². The molecule has 0 N–H and O–H groups in total. The van der Waals surface area contributed by atoms with Crippen molar-refractivity contribution in [3.8, 4) is 0 Å². The summed E-state index contributed by atoms with van der Waals surface area (Å²) in [5.41, 5.74) is -1.92. The summed E-state index contributed by atoms with van der Waals surface area (Å²) in [6, 6.07) is 0. The van der Waals surface area contributed by atoms with Gasteiger partial charge in [-0.1, -0.05) is 41.5 Å². The van der Waals surface area contributed by atoms with E-state index in [9.17, 15) is 9.13 Å². The normalized spacial score (nSPS) is 28.8. The van der Waals surface area contributed by atoms with Crippen LogP contribution in [-0.2, 0) is 22.5 Å². The third-order valence-corrected chi connectivity index (χ3v) is 9.49. The molecule has 29 heavy (non-hydrogen) atoms. The van der Waals surface area contributed by atoms with Crippen LogP contribution < -0.4 is 0 Å². The molecule has 9 heteroatoms. The molecule has 0 radical (unpaired) electrons. The second kappa shape index (κ2) is 6.80. The van der Waals surface area contributed by atoms with Gasteiger partial charge in [0.2, 0.25) is 0 Å².